The molecule has 6 aromatic rings. The normalized spacial score (nSPS) is 17.4. The lowest BCUT2D eigenvalue weighted by Gasteiger charge is -2.55. The first-order valence-electron chi connectivity index (χ1n) is 29.6. The van der Waals surface area contributed by atoms with Gasteiger partial charge in [0.25, 0.3) is 0 Å². The summed E-state index contributed by atoms with van der Waals surface area (Å²) in [5, 5.41) is -5.16. The van der Waals surface area contributed by atoms with Crippen LogP contribution in [-0.2, 0) is 70.0 Å². The molecule has 524 valence electrons. The van der Waals surface area contributed by atoms with Gasteiger partial charge in [-0.2, -0.15) is 52.7 Å². The van der Waals surface area contributed by atoms with Crippen LogP contribution in [0.3, 0.4) is 0 Å². The van der Waals surface area contributed by atoms with E-state index in [-0.39, 0.29) is 7.43 Å². The molecule has 0 radical (unpaired) electrons. The lowest BCUT2D eigenvalue weighted by atomic mass is 9.49. The summed E-state index contributed by atoms with van der Waals surface area (Å²) < 4.78 is 210. The number of esters is 4. The van der Waals surface area contributed by atoms with Gasteiger partial charge in [-0.1, -0.05) is 94.1 Å². The average Bonchev–Trinajstić information content (AvgIpc) is 0.755. The van der Waals surface area contributed by atoms with Crippen LogP contribution in [0.25, 0.3) is 0 Å². The average molecular weight is 1420 g/mol. The van der Waals surface area contributed by atoms with Crippen LogP contribution in [0.15, 0.2) is 175 Å². The SMILES string of the molecule is C.CC.Cc1cc([S+](c2ccccc2)c2ccccc2)cc(C)c1OCC(=O)OCC(F)(F)C(F)(F)F.Cc1cc([S+](c2ccccc2)c2ccccc2)cc(C)c1OCC(=O)OCC(F)(F)C(F)(F)F.O=C(OCCOC(=O)C(F)(F)S(=O)(=O)[O-])C12CC3CC(CC(C3)C1)C2. The Kier molecular flexibility index (Phi) is 27.8. The van der Waals surface area contributed by atoms with E-state index in [9.17, 15) is 84.8 Å². The summed E-state index contributed by atoms with van der Waals surface area (Å²) in [4.78, 5) is 53.3. The zero-order chi connectivity index (χ0) is 70.3. The number of carbonyl (C=O) groups is 4. The van der Waals surface area contributed by atoms with Crippen molar-refractivity contribution in [2.24, 2.45) is 23.2 Å². The van der Waals surface area contributed by atoms with Gasteiger partial charge in [0.1, 0.15) is 24.7 Å². The van der Waals surface area contributed by atoms with Crippen molar-refractivity contribution in [2.75, 3.05) is 39.6 Å². The minimum atomic E-state index is -6.15. The summed E-state index contributed by atoms with van der Waals surface area (Å²) in [6.45, 7) is 4.12. The van der Waals surface area contributed by atoms with Crippen LogP contribution >= 0.6 is 0 Å². The maximum atomic E-state index is 12.9. The number of alkyl halides is 12. The molecule has 4 fully saturated rings. The van der Waals surface area contributed by atoms with Gasteiger partial charge in [0, 0.05) is 24.3 Å². The van der Waals surface area contributed by atoms with Crippen molar-refractivity contribution >= 4 is 55.8 Å². The predicted octanol–water partition coefficient (Wildman–Crippen LogP) is 16.1. The van der Waals surface area contributed by atoms with E-state index < -0.39 is 130 Å². The van der Waals surface area contributed by atoms with Gasteiger partial charge in [-0.25, -0.2) is 22.8 Å². The number of ether oxygens (including phenoxy) is 6. The van der Waals surface area contributed by atoms with Crippen molar-refractivity contribution in [3.05, 3.63) is 168 Å². The van der Waals surface area contributed by atoms with Gasteiger partial charge in [0.2, 0.25) is 0 Å². The molecule has 4 aliphatic rings. The van der Waals surface area contributed by atoms with Gasteiger partial charge >= 0.3 is 53.3 Å². The van der Waals surface area contributed by atoms with E-state index in [0.29, 0.717) is 51.5 Å². The van der Waals surface area contributed by atoms with Gasteiger partial charge in [-0.3, -0.25) is 4.79 Å². The third kappa shape index (κ3) is 20.6. The van der Waals surface area contributed by atoms with Crippen LogP contribution in [0.2, 0.25) is 0 Å². The minimum Gasteiger partial charge on any atom is -0.743 e. The molecule has 0 atom stereocenters. The minimum absolute atomic E-state index is 0. The van der Waals surface area contributed by atoms with Crippen molar-refractivity contribution in [1.29, 1.82) is 0 Å². The van der Waals surface area contributed by atoms with Gasteiger partial charge in [-0.15, -0.1) is 0 Å². The van der Waals surface area contributed by atoms with Crippen LogP contribution in [0.5, 0.6) is 11.5 Å². The maximum absolute atomic E-state index is 12.9. The van der Waals surface area contributed by atoms with Crippen LogP contribution in [0, 0.1) is 50.9 Å². The Hall–Kier alpha value is -7.43. The van der Waals surface area contributed by atoms with Crippen molar-refractivity contribution < 1.29 is 113 Å². The molecule has 13 nitrogen and oxygen atoms in total. The summed E-state index contributed by atoms with van der Waals surface area (Å²) in [5.74, 6) is -13.5. The number of halogens is 12. The molecule has 96 heavy (non-hydrogen) atoms. The second kappa shape index (κ2) is 33.7. The number of benzene rings is 6. The zero-order valence-corrected chi connectivity index (χ0v) is 54.6. The maximum Gasteiger partial charge on any atom is 0.456 e. The standard InChI is InChI=1S/2C25H22F5O3S.C15H20F2O7S.C2H6.CH4/c2*1-17-13-21(34(19-9-5-3-6-10-19)20-11-7-4-8-12-20)14-18(2)23(17)32-15-22(31)33-16-24(26,27)25(28,29)30;16-15(17,25(20,21)22)13(19)24-2-1-23-12(18)14-6-9-3-10(7-14)5-11(4-9)8-14;1-2;/h2*3-14H,15-16H2,1-2H3;9-11H,1-8H2,(H,20,21,22);1-2H3;1H4/q2*+1;;;/p-1. The molecule has 4 aliphatic carbocycles. The lowest BCUT2D eigenvalue weighted by Crippen LogP contribution is -2.50. The van der Waals surface area contributed by atoms with E-state index in [0.717, 1.165) is 67.9 Å². The molecule has 0 spiro atoms. The van der Waals surface area contributed by atoms with E-state index >= 15 is 0 Å². The molecule has 28 heteroatoms. The first-order valence-corrected chi connectivity index (χ1v) is 33.4. The molecule has 0 amide bonds. The Morgan fingerprint density at radius 2 is 0.750 bits per heavy atom. The highest BCUT2D eigenvalue weighted by molar-refractivity contribution is 7.97. The monoisotopic (exact) mass is 1420 g/mol. The highest BCUT2D eigenvalue weighted by Crippen LogP contribution is 2.60. The van der Waals surface area contributed by atoms with Gasteiger partial charge in [-0.05, 0) is 155 Å². The van der Waals surface area contributed by atoms with Crippen molar-refractivity contribution in [2.45, 2.75) is 146 Å². The molecule has 0 aromatic heterocycles. The van der Waals surface area contributed by atoms with E-state index in [1.165, 1.54) is 0 Å². The quantitative estimate of drug-likeness (QED) is 0.0157. The fourth-order valence-corrected chi connectivity index (χ4v) is 16.2. The van der Waals surface area contributed by atoms with Crippen LogP contribution in [-0.4, -0.2) is 106 Å². The Labute approximate surface area is 555 Å². The molecule has 0 saturated heterocycles. The molecular formula is C68H73F12O13S3+. The van der Waals surface area contributed by atoms with Crippen LogP contribution in [0.4, 0.5) is 52.7 Å². The highest BCUT2D eigenvalue weighted by Gasteiger charge is 2.60. The van der Waals surface area contributed by atoms with Gasteiger partial charge in [0.15, 0.2) is 65.9 Å². The molecule has 6 aromatic carbocycles. The molecular weight excluding hydrogens is 1350 g/mol. The number of hydrogen-bond donors (Lipinski definition) is 0. The number of carbonyl (C=O) groups excluding carboxylic acids is 4. The smallest absolute Gasteiger partial charge is 0.456 e. The summed E-state index contributed by atoms with van der Waals surface area (Å²) in [6.07, 6.45) is -5.87. The number of aryl methyl sites for hydroxylation is 4. The third-order valence-corrected chi connectivity index (χ3v) is 20.3. The largest absolute Gasteiger partial charge is 0.743 e. The van der Waals surface area contributed by atoms with Crippen molar-refractivity contribution in [1.82, 2.24) is 0 Å². The first kappa shape index (κ1) is 79.3. The Morgan fingerprint density at radius 1 is 0.469 bits per heavy atom. The zero-order valence-electron chi connectivity index (χ0n) is 52.1. The molecule has 0 N–H and O–H groups in total. The van der Waals surface area contributed by atoms with Crippen LogP contribution < -0.4 is 9.47 Å². The predicted molar refractivity (Wildman–Crippen MR) is 332 cm³/mol. The molecule has 10 rings (SSSR count). The van der Waals surface area contributed by atoms with Crippen LogP contribution in [0.1, 0.15) is 82.1 Å². The highest BCUT2D eigenvalue weighted by atomic mass is 32.2. The lowest BCUT2D eigenvalue weighted by molar-refractivity contribution is -0.294. The second-order valence-corrected chi connectivity index (χ2v) is 27.9. The summed E-state index contributed by atoms with van der Waals surface area (Å²) in [7, 11) is -6.98. The Balaban J connectivity index is 0.000000259. The van der Waals surface area contributed by atoms with E-state index in [1.54, 1.807) is 27.7 Å². The molecule has 0 aliphatic heterocycles. The molecule has 4 bridgehead atoms. The third-order valence-electron chi connectivity index (χ3n) is 15.2. The topological polar surface area (TPSA) is 181 Å². The van der Waals surface area contributed by atoms with Gasteiger partial charge in [0.05, 0.1) is 27.2 Å². The number of rotatable bonds is 22. The van der Waals surface area contributed by atoms with Gasteiger partial charge < -0.3 is 33.0 Å². The molecule has 4 saturated carbocycles. The molecule has 0 unspecified atom stereocenters. The van der Waals surface area contributed by atoms with E-state index in [2.05, 4.69) is 14.2 Å². The second-order valence-electron chi connectivity index (χ2n) is 22.4. The number of hydrogen-bond acceptors (Lipinski definition) is 13. The van der Waals surface area contributed by atoms with Crippen molar-refractivity contribution in [3.63, 3.8) is 0 Å². The van der Waals surface area contributed by atoms with E-state index in [4.69, 9.17) is 14.2 Å². The fourth-order valence-electron chi connectivity index (χ4n) is 11.4. The fraction of sp³-hybridized carbons (Fsp3) is 0.412. The first-order chi connectivity index (χ1) is 44.5. The van der Waals surface area contributed by atoms with Crippen molar-refractivity contribution in [3.8, 4) is 11.5 Å². The Bertz CT molecular complexity index is 3320. The van der Waals surface area contributed by atoms with E-state index in [1.807, 2.05) is 159 Å². The summed E-state index contributed by atoms with van der Waals surface area (Å²) >= 11 is 0. The Morgan fingerprint density at radius 3 is 1.02 bits per heavy atom. The summed E-state index contributed by atoms with van der Waals surface area (Å²) in [6, 6.07) is 47.4. The summed E-state index contributed by atoms with van der Waals surface area (Å²) in [5.41, 5.74) is 2.22. The molecule has 0 heterocycles.